The van der Waals surface area contributed by atoms with Gasteiger partial charge in [0.2, 0.25) is 0 Å². The molecule has 21 heavy (non-hydrogen) atoms. The Kier molecular flexibility index (Phi) is 3.89. The molecule has 0 aliphatic carbocycles. The Labute approximate surface area is 118 Å². The van der Waals surface area contributed by atoms with Gasteiger partial charge in [-0.15, -0.1) is 0 Å². The molecule has 0 atom stereocenters. The standard InChI is InChI=1S/C13H13F3N4O/c14-8-5-9(15)12(10(16)6-8)13-18-11(19-21-13)7-20-3-1-17-2-4-20/h5-6,17H,1-4,7H2. The third kappa shape index (κ3) is 3.06. The molecule has 112 valence electrons. The summed E-state index contributed by atoms with van der Waals surface area (Å²) in [4.78, 5) is 6.08. The van der Waals surface area contributed by atoms with Crippen LogP contribution >= 0.6 is 0 Å². The average Bonchev–Trinajstić information content (AvgIpc) is 2.87. The predicted molar refractivity (Wildman–Crippen MR) is 67.8 cm³/mol. The van der Waals surface area contributed by atoms with Crippen molar-refractivity contribution in [1.82, 2.24) is 20.4 Å². The summed E-state index contributed by atoms with van der Waals surface area (Å²) >= 11 is 0. The number of piperazine rings is 1. The summed E-state index contributed by atoms with van der Waals surface area (Å²) in [5.74, 6) is -3.06. The molecule has 2 aromatic rings. The van der Waals surface area contributed by atoms with Gasteiger partial charge < -0.3 is 9.84 Å². The number of benzene rings is 1. The molecule has 1 aliphatic heterocycles. The van der Waals surface area contributed by atoms with Gasteiger partial charge >= 0.3 is 0 Å². The van der Waals surface area contributed by atoms with Crippen molar-refractivity contribution in [3.05, 3.63) is 35.4 Å². The number of hydrogen-bond acceptors (Lipinski definition) is 5. The molecule has 5 nitrogen and oxygen atoms in total. The molecule has 1 aromatic heterocycles. The maximum atomic E-state index is 13.6. The zero-order chi connectivity index (χ0) is 14.8. The van der Waals surface area contributed by atoms with Gasteiger partial charge in [0.15, 0.2) is 5.82 Å². The second kappa shape index (κ2) is 5.82. The molecular weight excluding hydrogens is 285 g/mol. The van der Waals surface area contributed by atoms with E-state index >= 15 is 0 Å². The Morgan fingerprint density at radius 1 is 1.14 bits per heavy atom. The number of halogens is 3. The van der Waals surface area contributed by atoms with Crippen LogP contribution in [0, 0.1) is 17.5 Å². The zero-order valence-electron chi connectivity index (χ0n) is 11.1. The first-order valence-electron chi connectivity index (χ1n) is 6.54. The van der Waals surface area contributed by atoms with E-state index in [4.69, 9.17) is 4.52 Å². The Bertz CT molecular complexity index is 617. The van der Waals surface area contributed by atoms with Crippen LogP contribution < -0.4 is 5.32 Å². The van der Waals surface area contributed by atoms with E-state index in [0.717, 1.165) is 26.2 Å². The monoisotopic (exact) mass is 298 g/mol. The Balaban J connectivity index is 1.81. The third-order valence-corrected chi connectivity index (χ3v) is 3.26. The molecule has 3 rings (SSSR count). The average molecular weight is 298 g/mol. The van der Waals surface area contributed by atoms with E-state index in [9.17, 15) is 13.2 Å². The minimum Gasteiger partial charge on any atom is -0.334 e. The summed E-state index contributed by atoms with van der Waals surface area (Å²) in [6, 6.07) is 1.16. The fourth-order valence-electron chi connectivity index (χ4n) is 2.24. The van der Waals surface area contributed by atoms with Crippen LogP contribution in [-0.4, -0.2) is 41.2 Å². The molecule has 0 saturated carbocycles. The summed E-state index contributed by atoms with van der Waals surface area (Å²) in [6.45, 7) is 3.85. The molecule has 0 amide bonds. The topological polar surface area (TPSA) is 54.2 Å². The quantitative estimate of drug-likeness (QED) is 0.932. The van der Waals surface area contributed by atoms with Crippen molar-refractivity contribution in [3.8, 4) is 11.5 Å². The maximum absolute atomic E-state index is 13.6. The van der Waals surface area contributed by atoms with Crippen molar-refractivity contribution in [2.45, 2.75) is 6.54 Å². The second-order valence-electron chi connectivity index (χ2n) is 4.79. The van der Waals surface area contributed by atoms with E-state index in [2.05, 4.69) is 20.4 Å². The summed E-state index contributed by atoms with van der Waals surface area (Å²) < 4.78 is 45.0. The molecule has 1 fully saturated rings. The second-order valence-corrected chi connectivity index (χ2v) is 4.79. The fourth-order valence-corrected chi connectivity index (χ4v) is 2.24. The predicted octanol–water partition coefficient (Wildman–Crippen LogP) is 1.56. The molecule has 2 heterocycles. The van der Waals surface area contributed by atoms with Crippen LogP contribution in [0.1, 0.15) is 5.82 Å². The lowest BCUT2D eigenvalue weighted by atomic mass is 10.2. The summed E-state index contributed by atoms with van der Waals surface area (Å²) in [5, 5.41) is 6.93. The highest BCUT2D eigenvalue weighted by atomic mass is 19.1. The molecule has 1 saturated heterocycles. The Morgan fingerprint density at radius 3 is 2.48 bits per heavy atom. The number of nitrogens with one attached hydrogen (secondary N) is 1. The number of hydrogen-bond donors (Lipinski definition) is 1. The molecule has 8 heteroatoms. The SMILES string of the molecule is Fc1cc(F)c(-c2nc(CN3CCNCC3)no2)c(F)c1. The van der Waals surface area contributed by atoms with Gasteiger partial charge in [-0.05, 0) is 0 Å². The Hall–Kier alpha value is -1.93. The van der Waals surface area contributed by atoms with Crippen LogP contribution in [0.5, 0.6) is 0 Å². The number of nitrogens with zero attached hydrogens (tertiary/aromatic N) is 3. The van der Waals surface area contributed by atoms with Crippen LogP contribution in [0.4, 0.5) is 13.2 Å². The first-order valence-corrected chi connectivity index (χ1v) is 6.54. The molecule has 1 aromatic carbocycles. The van der Waals surface area contributed by atoms with Gasteiger partial charge in [-0.25, -0.2) is 13.2 Å². The number of rotatable bonds is 3. The van der Waals surface area contributed by atoms with Crippen LogP contribution in [0.15, 0.2) is 16.7 Å². The third-order valence-electron chi connectivity index (χ3n) is 3.26. The van der Waals surface area contributed by atoms with Crippen LogP contribution in [0.2, 0.25) is 0 Å². The Morgan fingerprint density at radius 2 is 1.81 bits per heavy atom. The van der Waals surface area contributed by atoms with Crippen molar-refractivity contribution in [2.75, 3.05) is 26.2 Å². The van der Waals surface area contributed by atoms with Gasteiger partial charge in [0, 0.05) is 38.3 Å². The molecule has 0 radical (unpaired) electrons. The smallest absolute Gasteiger partial charge is 0.263 e. The van der Waals surface area contributed by atoms with E-state index in [1.54, 1.807) is 0 Å². The van der Waals surface area contributed by atoms with Gasteiger partial charge in [0.25, 0.3) is 5.89 Å². The zero-order valence-corrected chi connectivity index (χ0v) is 11.1. The van der Waals surface area contributed by atoms with Gasteiger partial charge in [0.1, 0.15) is 23.0 Å². The minimum atomic E-state index is -1.06. The molecular formula is C13H13F3N4O. The highest BCUT2D eigenvalue weighted by Crippen LogP contribution is 2.25. The first kappa shape index (κ1) is 14.0. The highest BCUT2D eigenvalue weighted by molar-refractivity contribution is 5.54. The first-order chi connectivity index (χ1) is 10.1. The molecule has 1 aliphatic rings. The van der Waals surface area contributed by atoms with Crippen LogP contribution in [0.25, 0.3) is 11.5 Å². The molecule has 0 unspecified atom stereocenters. The van der Waals surface area contributed by atoms with Crippen molar-refractivity contribution in [3.63, 3.8) is 0 Å². The lowest BCUT2D eigenvalue weighted by molar-refractivity contribution is 0.225. The fraction of sp³-hybridized carbons (Fsp3) is 0.385. The summed E-state index contributed by atoms with van der Waals surface area (Å²) in [7, 11) is 0. The van der Waals surface area contributed by atoms with Gasteiger partial charge in [-0.3, -0.25) is 4.90 Å². The molecule has 1 N–H and O–H groups in total. The van der Waals surface area contributed by atoms with Crippen LogP contribution in [-0.2, 0) is 6.54 Å². The molecule has 0 spiro atoms. The highest BCUT2D eigenvalue weighted by Gasteiger charge is 2.21. The van der Waals surface area contributed by atoms with E-state index < -0.39 is 23.0 Å². The summed E-state index contributed by atoms with van der Waals surface area (Å²) in [6.07, 6.45) is 0. The van der Waals surface area contributed by atoms with Gasteiger partial charge in [0.05, 0.1) is 6.54 Å². The lowest BCUT2D eigenvalue weighted by Crippen LogP contribution is -2.43. The van der Waals surface area contributed by atoms with Crippen molar-refractivity contribution < 1.29 is 17.7 Å². The summed E-state index contributed by atoms with van der Waals surface area (Å²) in [5.41, 5.74) is -0.504. The normalized spacial score (nSPS) is 16.3. The van der Waals surface area contributed by atoms with Gasteiger partial charge in [-0.2, -0.15) is 4.98 Å². The van der Waals surface area contributed by atoms with E-state index in [1.807, 2.05) is 0 Å². The van der Waals surface area contributed by atoms with E-state index in [1.165, 1.54) is 0 Å². The van der Waals surface area contributed by atoms with Crippen LogP contribution in [0.3, 0.4) is 0 Å². The maximum Gasteiger partial charge on any atom is 0.263 e. The van der Waals surface area contributed by atoms with E-state index in [-0.39, 0.29) is 5.89 Å². The largest absolute Gasteiger partial charge is 0.334 e. The number of aromatic nitrogens is 2. The lowest BCUT2D eigenvalue weighted by Gasteiger charge is -2.25. The molecule has 0 bridgehead atoms. The van der Waals surface area contributed by atoms with E-state index in [0.29, 0.717) is 24.5 Å². The minimum absolute atomic E-state index is 0.282. The van der Waals surface area contributed by atoms with Gasteiger partial charge in [-0.1, -0.05) is 5.16 Å². The van der Waals surface area contributed by atoms with Crippen molar-refractivity contribution in [1.29, 1.82) is 0 Å². The van der Waals surface area contributed by atoms with Crippen molar-refractivity contribution >= 4 is 0 Å². The van der Waals surface area contributed by atoms with Crippen molar-refractivity contribution in [2.24, 2.45) is 0 Å².